The van der Waals surface area contributed by atoms with Crippen LogP contribution in [0, 0.1) is 5.41 Å². The smallest absolute Gasteiger partial charge is 0.350 e. The lowest BCUT2D eigenvalue weighted by atomic mass is 9.70. The van der Waals surface area contributed by atoms with Gasteiger partial charge in [-0.15, -0.1) is 23.1 Å². The van der Waals surface area contributed by atoms with E-state index in [4.69, 9.17) is 10.6 Å². The van der Waals surface area contributed by atoms with Gasteiger partial charge in [0.25, 0.3) is 17.4 Å². The van der Waals surface area contributed by atoms with Crippen LogP contribution in [0.15, 0.2) is 43.5 Å². The number of benzene rings is 1. The van der Waals surface area contributed by atoms with Gasteiger partial charge in [-0.3, -0.25) is 23.9 Å². The van der Waals surface area contributed by atoms with E-state index < -0.39 is 69.2 Å². The van der Waals surface area contributed by atoms with Crippen LogP contribution < -0.4 is 27.4 Å². The number of anilines is 1. The topological polar surface area (TPSA) is 283 Å². The van der Waals surface area contributed by atoms with Gasteiger partial charge >= 0.3 is 11.7 Å². The number of carboxylic acid groups (broad SMARTS) is 2. The van der Waals surface area contributed by atoms with Crippen molar-refractivity contribution in [3.8, 4) is 11.5 Å². The number of piperidine rings is 3. The minimum Gasteiger partial charge on any atom is -0.543 e. The van der Waals surface area contributed by atoms with Crippen LogP contribution in [0.2, 0.25) is 0 Å². The SMILES string of the molecule is C[C@@H]1S[C@@H]2[C@H](NC(=O)C(=NOC(C)(C)C(=O)O)c3csc(N)n3)C(=O)N2C(C(=O)[O-])=C1C[N+]12CCC(Cn3c(=O)[nH]c4cc(O)c(O)cc4c3=O)(CC1)CC2. The highest BCUT2D eigenvalue weighted by molar-refractivity contribution is 8.00. The molecule has 292 valence electrons. The van der Waals surface area contributed by atoms with E-state index in [0.717, 1.165) is 32.9 Å². The number of β-lactam (4-membered cyclic amide) rings is 1. The minimum atomic E-state index is -1.81. The van der Waals surface area contributed by atoms with E-state index in [1.54, 1.807) is 0 Å². The summed E-state index contributed by atoms with van der Waals surface area (Å²) >= 11 is 2.31. The summed E-state index contributed by atoms with van der Waals surface area (Å²) < 4.78 is 1.68. The van der Waals surface area contributed by atoms with Gasteiger partial charge < -0.3 is 50.6 Å². The molecule has 19 nitrogen and oxygen atoms in total. The molecule has 7 N–H and O–H groups in total. The highest BCUT2D eigenvalue weighted by atomic mass is 32.2. The number of oxime groups is 1. The van der Waals surface area contributed by atoms with E-state index in [0.29, 0.717) is 55.5 Å². The maximum Gasteiger partial charge on any atom is 0.350 e. The number of phenols is 2. The normalized spacial score (nSPS) is 26.5. The van der Waals surface area contributed by atoms with Crippen LogP contribution in [0.4, 0.5) is 5.13 Å². The monoisotopic (exact) mass is 798 g/mol. The highest BCUT2D eigenvalue weighted by Gasteiger charge is 2.57. The number of fused-ring (bicyclic) bond motifs is 5. The van der Waals surface area contributed by atoms with Gasteiger partial charge in [0.05, 0.1) is 42.2 Å². The molecule has 0 aliphatic carbocycles. The number of thioether (sulfide) groups is 1. The Labute approximate surface area is 319 Å². The first-order valence-corrected chi connectivity index (χ1v) is 19.2. The summed E-state index contributed by atoms with van der Waals surface area (Å²) in [4.78, 5) is 90.8. The van der Waals surface area contributed by atoms with Crippen LogP contribution in [0.25, 0.3) is 10.9 Å². The fourth-order valence-electron chi connectivity index (χ4n) is 7.78. The predicted octanol–water partition coefficient (Wildman–Crippen LogP) is -0.783. The molecule has 2 aromatic heterocycles. The standard InChI is InChI=1S/C34H38N8O11S2/c1-15-17(12-42-7-4-34(5-8-42,6-9-42)14-40-26(46)16-10-20(43)21(44)11-18(16)37-32(40)52)24(29(48)49)41-27(47)23(28(41)55-15)38-25(45)22(19-13-54-31(35)36-19)39-53-33(2,3)30(50)51/h10-11,13,15,23,28H,4-9,12,14H2,1-3H3,(H7-,35,36,37,38,39,43,44,45,46,48,49,50,51,52)/t15-,23+,28+,34?,42?/m0/s1. The van der Waals surface area contributed by atoms with Crippen molar-refractivity contribution >= 4 is 68.6 Å². The summed E-state index contributed by atoms with van der Waals surface area (Å²) in [5.41, 5.74) is 2.34. The number of hydrogen-bond acceptors (Lipinski definition) is 15. The zero-order valence-electron chi connectivity index (χ0n) is 29.9. The summed E-state index contributed by atoms with van der Waals surface area (Å²) in [6.07, 6.45) is 1.94. The molecule has 2 amide bonds. The Morgan fingerprint density at radius 1 is 1.16 bits per heavy atom. The number of aromatic hydroxyl groups is 2. The number of quaternary nitrogens is 1. The number of phenolic OH excluding ortho intramolecular Hbond substituents is 2. The Hall–Kier alpha value is -5.41. The van der Waals surface area contributed by atoms with Crippen LogP contribution in [-0.2, 0) is 30.6 Å². The van der Waals surface area contributed by atoms with E-state index >= 15 is 0 Å². The summed E-state index contributed by atoms with van der Waals surface area (Å²) in [5.74, 6) is -5.38. The molecule has 55 heavy (non-hydrogen) atoms. The Bertz CT molecular complexity index is 2320. The van der Waals surface area contributed by atoms with Gasteiger partial charge in [-0.05, 0) is 26.8 Å². The lowest BCUT2D eigenvalue weighted by molar-refractivity contribution is -0.941. The number of hydrogen-bond donors (Lipinski definition) is 6. The summed E-state index contributed by atoms with van der Waals surface area (Å²) in [6.45, 7) is 6.69. The second-order valence-electron chi connectivity index (χ2n) is 15.0. The molecule has 1 aromatic carbocycles. The van der Waals surface area contributed by atoms with Gasteiger partial charge in [-0.25, -0.2) is 14.6 Å². The summed E-state index contributed by atoms with van der Waals surface area (Å²) in [6, 6.07) is 1.10. The third-order valence-corrected chi connectivity index (χ3v) is 13.3. The molecule has 3 atom stereocenters. The van der Waals surface area contributed by atoms with Crippen molar-refractivity contribution in [1.82, 2.24) is 24.8 Å². The number of nitrogens with one attached hydrogen (secondary N) is 2. The molecule has 4 saturated heterocycles. The number of H-pyrrole nitrogens is 1. The number of aromatic nitrogens is 3. The molecule has 5 aliphatic rings. The van der Waals surface area contributed by atoms with E-state index in [1.807, 2.05) is 6.92 Å². The molecule has 7 heterocycles. The average Bonchev–Trinajstić information content (AvgIpc) is 3.56. The number of thiazole rings is 1. The molecule has 4 fully saturated rings. The molecule has 21 heteroatoms. The number of rotatable bonds is 11. The summed E-state index contributed by atoms with van der Waals surface area (Å²) in [7, 11) is 0. The fourth-order valence-corrected chi connectivity index (χ4v) is 9.77. The summed E-state index contributed by atoms with van der Waals surface area (Å²) in [5, 5.41) is 48.7. The number of nitrogens with zero attached hydrogens (tertiary/aromatic N) is 5. The van der Waals surface area contributed by atoms with E-state index in [-0.39, 0.29) is 44.6 Å². The Balaban J connectivity index is 1.08. The molecule has 0 spiro atoms. The molecule has 0 saturated carbocycles. The van der Waals surface area contributed by atoms with Gasteiger partial charge in [0.1, 0.15) is 23.7 Å². The number of nitrogen functional groups attached to an aromatic ring is 1. The van der Waals surface area contributed by atoms with E-state index in [1.165, 1.54) is 31.0 Å². The maximum absolute atomic E-state index is 13.6. The zero-order chi connectivity index (χ0) is 39.8. The van der Waals surface area contributed by atoms with Crippen LogP contribution in [0.5, 0.6) is 11.5 Å². The zero-order valence-corrected chi connectivity index (χ0v) is 31.5. The van der Waals surface area contributed by atoms with Gasteiger partial charge in [-0.2, -0.15) is 0 Å². The lowest BCUT2D eigenvalue weighted by Gasteiger charge is -2.57. The van der Waals surface area contributed by atoms with Gasteiger partial charge in [0.2, 0.25) is 5.60 Å². The first-order valence-electron chi connectivity index (χ1n) is 17.3. The maximum atomic E-state index is 13.6. The highest BCUT2D eigenvalue weighted by Crippen LogP contribution is 2.49. The Morgan fingerprint density at radius 3 is 2.42 bits per heavy atom. The molecule has 3 aromatic rings. The molecule has 8 rings (SSSR count). The van der Waals surface area contributed by atoms with Crippen LogP contribution in [-0.4, -0.2) is 117 Å². The number of aromatic amines is 1. The first-order chi connectivity index (χ1) is 25.8. The van der Waals surface area contributed by atoms with Crippen molar-refractivity contribution in [2.24, 2.45) is 10.6 Å². The fraction of sp³-hybridized carbons (Fsp3) is 0.471. The van der Waals surface area contributed by atoms with E-state index in [9.17, 15) is 49.2 Å². The number of nitrogens with two attached hydrogens (primary N) is 1. The predicted molar refractivity (Wildman–Crippen MR) is 196 cm³/mol. The second-order valence-corrected chi connectivity index (χ2v) is 17.4. The number of aliphatic carboxylic acids is 2. The van der Waals surface area contributed by atoms with Crippen LogP contribution in [0.3, 0.4) is 0 Å². The second kappa shape index (κ2) is 13.4. The average molecular weight is 799 g/mol. The van der Waals surface area contributed by atoms with Crippen molar-refractivity contribution in [1.29, 1.82) is 0 Å². The molecule has 0 radical (unpaired) electrons. The largest absolute Gasteiger partial charge is 0.543 e. The van der Waals surface area contributed by atoms with Gasteiger partial charge in [0, 0.05) is 53.5 Å². The Morgan fingerprint density at radius 2 is 1.82 bits per heavy atom. The number of carboxylic acids is 2. The number of carbonyl (C=O) groups excluding carboxylic acids is 3. The van der Waals surface area contributed by atoms with Gasteiger partial charge in [-0.1, -0.05) is 5.16 Å². The van der Waals surface area contributed by atoms with Crippen molar-refractivity contribution < 1.29 is 48.9 Å². The Kier molecular flexibility index (Phi) is 9.24. The number of amides is 2. The van der Waals surface area contributed by atoms with Crippen molar-refractivity contribution in [3.63, 3.8) is 0 Å². The third kappa shape index (κ3) is 6.58. The van der Waals surface area contributed by atoms with Crippen LogP contribution in [0.1, 0.15) is 45.7 Å². The van der Waals surface area contributed by atoms with E-state index in [2.05, 4.69) is 20.4 Å². The first kappa shape index (κ1) is 37.9. The third-order valence-electron chi connectivity index (χ3n) is 11.2. The minimum absolute atomic E-state index is 0.00865. The quantitative estimate of drug-likeness (QED) is 0.0457. The van der Waals surface area contributed by atoms with Gasteiger partial charge in [0.15, 0.2) is 22.3 Å². The lowest BCUT2D eigenvalue weighted by Crippen LogP contribution is -2.72. The molecule has 0 unspecified atom stereocenters. The molecule has 5 aliphatic heterocycles. The van der Waals surface area contributed by atoms with Crippen molar-refractivity contribution in [3.05, 3.63) is 55.3 Å². The van der Waals surface area contributed by atoms with Crippen molar-refractivity contribution in [2.45, 2.75) is 68.8 Å². The van der Waals surface area contributed by atoms with Crippen LogP contribution >= 0.6 is 23.1 Å². The molecule has 2 bridgehead atoms. The molecular formula is C34H38N8O11S2. The molecular weight excluding hydrogens is 761 g/mol. The van der Waals surface area contributed by atoms with Crippen molar-refractivity contribution in [2.75, 3.05) is 31.9 Å². The number of carbonyl (C=O) groups is 4.